The topological polar surface area (TPSA) is 54.9 Å². The molecule has 0 aliphatic heterocycles. The van der Waals surface area contributed by atoms with Gasteiger partial charge in [-0.3, -0.25) is 4.79 Å². The van der Waals surface area contributed by atoms with Gasteiger partial charge in [0.05, 0.1) is 11.1 Å². The minimum absolute atomic E-state index is 0.0939. The fourth-order valence-corrected chi connectivity index (χ4v) is 2.23. The number of aromatic nitrogens is 2. The van der Waals surface area contributed by atoms with Crippen molar-refractivity contribution in [3.8, 4) is 0 Å². The monoisotopic (exact) mass is 225 g/mol. The average Bonchev–Trinajstić information content (AvgIpc) is 2.75. The first-order chi connectivity index (χ1) is 6.77. The zero-order valence-corrected chi connectivity index (χ0v) is 8.98. The SMILES string of the molecule is Cc1ccsc1C(=O)Nc1cnns1. The van der Waals surface area contributed by atoms with Gasteiger partial charge in [0.15, 0.2) is 0 Å². The molecule has 0 atom stereocenters. The number of thiophene rings is 1. The summed E-state index contributed by atoms with van der Waals surface area (Å²) < 4.78 is 3.66. The Morgan fingerprint density at radius 1 is 1.57 bits per heavy atom. The van der Waals surface area contributed by atoms with Gasteiger partial charge >= 0.3 is 0 Å². The maximum absolute atomic E-state index is 11.6. The van der Waals surface area contributed by atoms with Gasteiger partial charge in [-0.1, -0.05) is 4.49 Å². The van der Waals surface area contributed by atoms with E-state index in [4.69, 9.17) is 0 Å². The maximum Gasteiger partial charge on any atom is 0.266 e. The summed E-state index contributed by atoms with van der Waals surface area (Å²) in [6.45, 7) is 1.91. The van der Waals surface area contributed by atoms with Crippen LogP contribution in [0.2, 0.25) is 0 Å². The smallest absolute Gasteiger partial charge is 0.266 e. The van der Waals surface area contributed by atoms with Gasteiger partial charge < -0.3 is 5.32 Å². The third-order valence-electron chi connectivity index (χ3n) is 1.67. The second kappa shape index (κ2) is 3.85. The summed E-state index contributed by atoms with van der Waals surface area (Å²) in [5.74, 6) is -0.0939. The molecule has 6 heteroatoms. The van der Waals surface area contributed by atoms with Gasteiger partial charge in [0.25, 0.3) is 5.91 Å². The van der Waals surface area contributed by atoms with E-state index in [2.05, 4.69) is 14.9 Å². The van der Waals surface area contributed by atoms with E-state index < -0.39 is 0 Å². The second-order valence-corrected chi connectivity index (χ2v) is 4.37. The molecule has 0 radical (unpaired) electrons. The Labute approximate surface area is 88.8 Å². The van der Waals surface area contributed by atoms with Gasteiger partial charge in [-0.05, 0) is 23.9 Å². The van der Waals surface area contributed by atoms with Crippen molar-refractivity contribution in [3.63, 3.8) is 0 Å². The average molecular weight is 225 g/mol. The lowest BCUT2D eigenvalue weighted by atomic mass is 10.3. The van der Waals surface area contributed by atoms with Crippen molar-refractivity contribution in [1.82, 2.24) is 9.59 Å². The van der Waals surface area contributed by atoms with Crippen molar-refractivity contribution in [3.05, 3.63) is 28.1 Å². The number of aryl methyl sites for hydroxylation is 1. The van der Waals surface area contributed by atoms with E-state index in [-0.39, 0.29) is 5.91 Å². The van der Waals surface area contributed by atoms with Crippen LogP contribution in [-0.4, -0.2) is 15.5 Å². The predicted molar refractivity (Wildman–Crippen MR) is 56.9 cm³/mol. The maximum atomic E-state index is 11.6. The predicted octanol–water partition coefficient (Wildman–Crippen LogP) is 2.16. The van der Waals surface area contributed by atoms with Crippen LogP contribution in [0.1, 0.15) is 15.2 Å². The van der Waals surface area contributed by atoms with Crippen molar-refractivity contribution in [2.24, 2.45) is 0 Å². The van der Waals surface area contributed by atoms with Crippen LogP contribution in [0.25, 0.3) is 0 Å². The fourth-order valence-electron chi connectivity index (χ4n) is 0.996. The van der Waals surface area contributed by atoms with Gasteiger partial charge in [-0.2, -0.15) is 0 Å². The van der Waals surface area contributed by atoms with Crippen LogP contribution >= 0.6 is 22.9 Å². The highest BCUT2D eigenvalue weighted by Gasteiger charge is 2.11. The van der Waals surface area contributed by atoms with Crippen LogP contribution in [-0.2, 0) is 0 Å². The summed E-state index contributed by atoms with van der Waals surface area (Å²) in [5, 5.41) is 8.93. The van der Waals surface area contributed by atoms with Crippen LogP contribution in [0.15, 0.2) is 17.6 Å². The van der Waals surface area contributed by atoms with E-state index in [1.165, 1.54) is 29.1 Å². The number of hydrogen-bond donors (Lipinski definition) is 1. The molecule has 1 amide bonds. The molecule has 0 aliphatic rings. The van der Waals surface area contributed by atoms with E-state index in [9.17, 15) is 4.79 Å². The van der Waals surface area contributed by atoms with E-state index >= 15 is 0 Å². The van der Waals surface area contributed by atoms with Crippen molar-refractivity contribution < 1.29 is 4.79 Å². The molecule has 2 aromatic heterocycles. The molecule has 2 rings (SSSR count). The summed E-state index contributed by atoms with van der Waals surface area (Å²) in [6.07, 6.45) is 1.53. The minimum Gasteiger partial charge on any atom is -0.310 e. The molecule has 0 bridgehead atoms. The molecule has 0 unspecified atom stereocenters. The van der Waals surface area contributed by atoms with Crippen molar-refractivity contribution in [2.45, 2.75) is 6.92 Å². The molecule has 0 spiro atoms. The minimum atomic E-state index is -0.0939. The molecule has 0 aromatic carbocycles. The number of hydrogen-bond acceptors (Lipinski definition) is 5. The highest BCUT2D eigenvalue weighted by molar-refractivity contribution is 7.13. The molecule has 4 nitrogen and oxygen atoms in total. The van der Waals surface area contributed by atoms with Crippen LogP contribution in [0.3, 0.4) is 0 Å². The third kappa shape index (κ3) is 1.80. The zero-order valence-electron chi connectivity index (χ0n) is 7.35. The summed E-state index contributed by atoms with van der Waals surface area (Å²) in [7, 11) is 0. The van der Waals surface area contributed by atoms with Crippen molar-refractivity contribution in [2.75, 3.05) is 5.32 Å². The van der Waals surface area contributed by atoms with Crippen molar-refractivity contribution >= 4 is 33.8 Å². The molecule has 0 fully saturated rings. The van der Waals surface area contributed by atoms with Gasteiger partial charge in [0.1, 0.15) is 5.00 Å². The Morgan fingerprint density at radius 3 is 3.00 bits per heavy atom. The van der Waals surface area contributed by atoms with E-state index in [1.54, 1.807) is 0 Å². The molecule has 0 saturated carbocycles. The molecule has 0 aliphatic carbocycles. The molecular weight excluding hydrogens is 218 g/mol. The zero-order chi connectivity index (χ0) is 9.97. The number of rotatable bonds is 2. The lowest BCUT2D eigenvalue weighted by Gasteiger charge is -1.98. The van der Waals surface area contributed by atoms with Gasteiger partial charge in [0.2, 0.25) is 0 Å². The molecule has 2 heterocycles. The molecule has 72 valence electrons. The Kier molecular flexibility index (Phi) is 2.55. The number of amides is 1. The molecule has 14 heavy (non-hydrogen) atoms. The first-order valence-electron chi connectivity index (χ1n) is 3.90. The quantitative estimate of drug-likeness (QED) is 0.852. The highest BCUT2D eigenvalue weighted by atomic mass is 32.1. The van der Waals surface area contributed by atoms with E-state index in [0.717, 1.165) is 10.4 Å². The number of nitrogens with zero attached hydrogens (tertiary/aromatic N) is 2. The summed E-state index contributed by atoms with van der Waals surface area (Å²) in [6, 6.07) is 1.92. The largest absolute Gasteiger partial charge is 0.310 e. The van der Waals surface area contributed by atoms with Crippen LogP contribution < -0.4 is 5.32 Å². The Morgan fingerprint density at radius 2 is 2.43 bits per heavy atom. The Balaban J connectivity index is 2.14. The standard InChI is InChI=1S/C8H7N3OS2/c1-5-2-3-13-7(5)8(12)10-6-4-9-11-14-6/h2-4H,1H3,(H,10,12). The number of carbonyl (C=O) groups is 1. The Hall–Kier alpha value is -1.27. The summed E-state index contributed by atoms with van der Waals surface area (Å²) in [4.78, 5) is 12.4. The number of carbonyl (C=O) groups excluding carboxylic acids is 1. The van der Waals surface area contributed by atoms with Crippen LogP contribution in [0.4, 0.5) is 5.00 Å². The molecule has 2 aromatic rings. The lowest BCUT2D eigenvalue weighted by molar-refractivity contribution is 0.103. The second-order valence-electron chi connectivity index (χ2n) is 2.67. The highest BCUT2D eigenvalue weighted by Crippen LogP contribution is 2.18. The molecule has 0 saturated heterocycles. The van der Waals surface area contributed by atoms with E-state index in [0.29, 0.717) is 5.00 Å². The first kappa shape index (κ1) is 9.29. The van der Waals surface area contributed by atoms with Gasteiger partial charge in [-0.25, -0.2) is 0 Å². The van der Waals surface area contributed by atoms with E-state index in [1.807, 2.05) is 18.4 Å². The van der Waals surface area contributed by atoms with Gasteiger partial charge in [-0.15, -0.1) is 16.4 Å². The summed E-state index contributed by atoms with van der Waals surface area (Å²) in [5.41, 5.74) is 0.991. The fraction of sp³-hybridized carbons (Fsp3) is 0.125. The first-order valence-corrected chi connectivity index (χ1v) is 5.55. The number of anilines is 1. The lowest BCUT2D eigenvalue weighted by Crippen LogP contribution is -2.10. The van der Waals surface area contributed by atoms with Crippen LogP contribution in [0, 0.1) is 6.92 Å². The number of nitrogens with one attached hydrogen (secondary N) is 1. The molecular formula is C8H7N3OS2. The normalized spacial score (nSPS) is 10.1. The van der Waals surface area contributed by atoms with Crippen molar-refractivity contribution in [1.29, 1.82) is 0 Å². The van der Waals surface area contributed by atoms with Gasteiger partial charge in [0, 0.05) is 11.5 Å². The summed E-state index contributed by atoms with van der Waals surface area (Å²) >= 11 is 2.60. The molecule has 1 N–H and O–H groups in total. The van der Waals surface area contributed by atoms with Crippen LogP contribution in [0.5, 0.6) is 0 Å². The third-order valence-corrected chi connectivity index (χ3v) is 3.26. The Bertz CT molecular complexity index is 435.